The molecule has 1 aromatic carbocycles. The van der Waals surface area contributed by atoms with Gasteiger partial charge in [0.25, 0.3) is 0 Å². The minimum absolute atomic E-state index is 0.0546. The van der Waals surface area contributed by atoms with Crippen LogP contribution in [0.15, 0.2) is 24.4 Å². The Balaban J connectivity index is 1.73. The first-order valence-electron chi connectivity index (χ1n) is 9.23. The second-order valence-electron chi connectivity index (χ2n) is 7.04. The summed E-state index contributed by atoms with van der Waals surface area (Å²) < 4.78 is 63.9. The number of rotatable bonds is 8. The lowest BCUT2D eigenvalue weighted by Gasteiger charge is -2.16. The summed E-state index contributed by atoms with van der Waals surface area (Å²) >= 11 is 0. The van der Waals surface area contributed by atoms with E-state index in [-0.39, 0.29) is 37.8 Å². The number of carbonyl (C=O) groups is 1. The number of nitrogens with one attached hydrogen (secondary N) is 3. The summed E-state index contributed by atoms with van der Waals surface area (Å²) in [5, 5.41) is 8.15. The van der Waals surface area contributed by atoms with Gasteiger partial charge < -0.3 is 16.0 Å². The largest absolute Gasteiger partial charge is 0.421 e. The van der Waals surface area contributed by atoms with Crippen molar-refractivity contribution < 1.29 is 26.4 Å². The molecule has 3 N–H and O–H groups in total. The Morgan fingerprint density at radius 1 is 1.29 bits per heavy atom. The highest BCUT2D eigenvalue weighted by Gasteiger charge is 2.35. The molecule has 0 bridgehead atoms. The summed E-state index contributed by atoms with van der Waals surface area (Å²) in [6, 6.07) is 5.03. The highest BCUT2D eigenvalue weighted by Crippen LogP contribution is 2.34. The standard InChI is InChI=1S/C18H21F3N6O3S/c1-27(31(2,29)30)7-3-6-22-16-13(18(19,20)21)10-23-17(26-16)24-12-4-5-14-11(8-12)9-15(28)25-14/h4-5,8,10H,3,6-7,9H2,1-2H3,(H,25,28)(H2,22,23,24,26). The van der Waals surface area contributed by atoms with Gasteiger partial charge in [0.05, 0.1) is 12.7 Å². The molecule has 1 aliphatic heterocycles. The van der Waals surface area contributed by atoms with Crippen LogP contribution in [0.3, 0.4) is 0 Å². The van der Waals surface area contributed by atoms with Crippen LogP contribution < -0.4 is 16.0 Å². The quantitative estimate of drug-likeness (QED) is 0.520. The molecule has 168 valence electrons. The number of aromatic nitrogens is 2. The maximum atomic E-state index is 13.3. The second kappa shape index (κ2) is 8.67. The number of halogens is 3. The van der Waals surface area contributed by atoms with E-state index in [0.29, 0.717) is 17.6 Å². The fourth-order valence-electron chi connectivity index (χ4n) is 2.89. The van der Waals surface area contributed by atoms with Crippen molar-refractivity contribution in [3.8, 4) is 0 Å². The number of amides is 1. The monoisotopic (exact) mass is 458 g/mol. The fourth-order valence-corrected chi connectivity index (χ4v) is 3.36. The Morgan fingerprint density at radius 2 is 2.03 bits per heavy atom. The third kappa shape index (κ3) is 5.82. The molecule has 1 amide bonds. The van der Waals surface area contributed by atoms with Gasteiger partial charge >= 0.3 is 6.18 Å². The SMILES string of the molecule is CN(CCCNc1nc(Nc2ccc3c(c2)CC(=O)N3)ncc1C(F)(F)F)S(C)(=O)=O. The van der Waals surface area contributed by atoms with Crippen molar-refractivity contribution in [1.82, 2.24) is 14.3 Å². The van der Waals surface area contributed by atoms with Crippen molar-refractivity contribution in [2.75, 3.05) is 42.3 Å². The van der Waals surface area contributed by atoms with Crippen molar-refractivity contribution >= 4 is 39.1 Å². The molecule has 3 rings (SSSR count). The number of carbonyl (C=O) groups excluding carboxylic acids is 1. The summed E-state index contributed by atoms with van der Waals surface area (Å²) in [6.45, 7) is 0.220. The number of hydrogen-bond donors (Lipinski definition) is 3. The van der Waals surface area contributed by atoms with Crippen LogP contribution in [0, 0.1) is 0 Å². The summed E-state index contributed by atoms with van der Waals surface area (Å²) in [4.78, 5) is 19.1. The Kier molecular flexibility index (Phi) is 6.36. The van der Waals surface area contributed by atoms with Crippen LogP contribution in [0.25, 0.3) is 0 Å². The van der Waals surface area contributed by atoms with Crippen LogP contribution >= 0.6 is 0 Å². The maximum Gasteiger partial charge on any atom is 0.421 e. The molecule has 9 nitrogen and oxygen atoms in total. The molecule has 1 aromatic heterocycles. The molecule has 0 unspecified atom stereocenters. The first-order chi connectivity index (χ1) is 14.4. The first kappa shape index (κ1) is 22.7. The van der Waals surface area contributed by atoms with Crippen molar-refractivity contribution in [3.63, 3.8) is 0 Å². The van der Waals surface area contributed by atoms with E-state index in [2.05, 4.69) is 25.9 Å². The molecule has 2 aromatic rings. The lowest BCUT2D eigenvalue weighted by atomic mass is 10.1. The predicted molar refractivity (Wildman–Crippen MR) is 110 cm³/mol. The Morgan fingerprint density at radius 3 is 2.71 bits per heavy atom. The molecular formula is C18H21F3N6O3S. The van der Waals surface area contributed by atoms with Gasteiger partial charge in [-0.15, -0.1) is 0 Å². The zero-order valence-corrected chi connectivity index (χ0v) is 17.6. The zero-order valence-electron chi connectivity index (χ0n) is 16.7. The van der Waals surface area contributed by atoms with E-state index in [0.717, 1.165) is 16.1 Å². The minimum Gasteiger partial charge on any atom is -0.369 e. The second-order valence-corrected chi connectivity index (χ2v) is 9.13. The van der Waals surface area contributed by atoms with E-state index in [9.17, 15) is 26.4 Å². The maximum absolute atomic E-state index is 13.3. The van der Waals surface area contributed by atoms with Crippen LogP contribution in [-0.4, -0.2) is 55.0 Å². The van der Waals surface area contributed by atoms with E-state index in [4.69, 9.17) is 0 Å². The van der Waals surface area contributed by atoms with Crippen molar-refractivity contribution in [2.24, 2.45) is 0 Å². The molecule has 0 saturated heterocycles. The third-order valence-corrected chi connectivity index (χ3v) is 5.90. The van der Waals surface area contributed by atoms with E-state index >= 15 is 0 Å². The van der Waals surface area contributed by atoms with E-state index < -0.39 is 27.6 Å². The van der Waals surface area contributed by atoms with Gasteiger partial charge in [-0.05, 0) is 30.2 Å². The van der Waals surface area contributed by atoms with Crippen LogP contribution in [-0.2, 0) is 27.4 Å². The normalized spacial score (nSPS) is 13.8. The molecule has 0 fully saturated rings. The van der Waals surface area contributed by atoms with Crippen LogP contribution in [0.1, 0.15) is 17.5 Å². The van der Waals surface area contributed by atoms with Gasteiger partial charge in [0.1, 0.15) is 11.4 Å². The Bertz CT molecular complexity index is 1090. The molecule has 0 atom stereocenters. The number of hydrogen-bond acceptors (Lipinski definition) is 7. The topological polar surface area (TPSA) is 116 Å². The molecule has 0 aliphatic carbocycles. The van der Waals surface area contributed by atoms with Gasteiger partial charge in [0.2, 0.25) is 21.9 Å². The number of fused-ring (bicyclic) bond motifs is 1. The van der Waals surface area contributed by atoms with Gasteiger partial charge in [0, 0.05) is 37.7 Å². The molecule has 13 heteroatoms. The van der Waals surface area contributed by atoms with Gasteiger partial charge in [0.15, 0.2) is 0 Å². The van der Waals surface area contributed by atoms with Gasteiger partial charge in [-0.1, -0.05) is 0 Å². The number of alkyl halides is 3. The van der Waals surface area contributed by atoms with Crippen LogP contribution in [0.5, 0.6) is 0 Å². The molecule has 1 aliphatic rings. The molecule has 0 saturated carbocycles. The van der Waals surface area contributed by atoms with E-state index in [1.807, 2.05) is 0 Å². The summed E-state index contributed by atoms with van der Waals surface area (Å²) in [5.41, 5.74) is 0.939. The lowest BCUT2D eigenvalue weighted by Crippen LogP contribution is -2.28. The summed E-state index contributed by atoms with van der Waals surface area (Å²) in [6.07, 6.45) is -2.44. The molecule has 0 radical (unpaired) electrons. The summed E-state index contributed by atoms with van der Waals surface area (Å²) in [5.74, 6) is -0.600. The predicted octanol–water partition coefficient (Wildman–Crippen LogP) is 2.43. The number of benzene rings is 1. The van der Waals surface area contributed by atoms with E-state index in [1.165, 1.54) is 7.05 Å². The zero-order chi connectivity index (χ0) is 22.8. The third-order valence-electron chi connectivity index (χ3n) is 4.59. The van der Waals surface area contributed by atoms with Gasteiger partial charge in [-0.2, -0.15) is 18.2 Å². The molecule has 2 heterocycles. The van der Waals surface area contributed by atoms with Crippen LogP contribution in [0.2, 0.25) is 0 Å². The Hall–Kier alpha value is -2.93. The van der Waals surface area contributed by atoms with Gasteiger partial charge in [-0.25, -0.2) is 17.7 Å². The average molecular weight is 458 g/mol. The number of anilines is 4. The molecular weight excluding hydrogens is 437 g/mol. The van der Waals surface area contributed by atoms with Crippen LogP contribution in [0.4, 0.5) is 36.3 Å². The lowest BCUT2D eigenvalue weighted by molar-refractivity contribution is -0.137. The number of sulfonamides is 1. The van der Waals surface area contributed by atoms with Crippen molar-refractivity contribution in [2.45, 2.75) is 19.0 Å². The van der Waals surface area contributed by atoms with Crippen molar-refractivity contribution in [3.05, 3.63) is 35.5 Å². The number of nitrogens with zero attached hydrogens (tertiary/aromatic N) is 3. The molecule has 0 spiro atoms. The fraction of sp³-hybridized carbons (Fsp3) is 0.389. The highest BCUT2D eigenvalue weighted by molar-refractivity contribution is 7.88. The summed E-state index contributed by atoms with van der Waals surface area (Å²) in [7, 11) is -1.97. The minimum atomic E-state index is -4.66. The average Bonchev–Trinajstić information content (AvgIpc) is 3.02. The smallest absolute Gasteiger partial charge is 0.369 e. The highest BCUT2D eigenvalue weighted by atomic mass is 32.2. The molecule has 31 heavy (non-hydrogen) atoms. The van der Waals surface area contributed by atoms with E-state index in [1.54, 1.807) is 18.2 Å². The Labute approximate surface area is 177 Å². The van der Waals surface area contributed by atoms with Crippen molar-refractivity contribution in [1.29, 1.82) is 0 Å². The van der Waals surface area contributed by atoms with Gasteiger partial charge in [-0.3, -0.25) is 4.79 Å². The first-order valence-corrected chi connectivity index (χ1v) is 11.1.